The molecule has 2 rings (SSSR count). The first kappa shape index (κ1) is 14.4. The van der Waals surface area contributed by atoms with Crippen molar-refractivity contribution in [3.8, 4) is 0 Å². The maximum atomic E-state index is 11.4. The Labute approximate surface area is 125 Å². The molecule has 1 N–H and O–H groups in total. The highest BCUT2D eigenvalue weighted by molar-refractivity contribution is 7.71. The number of aromatic nitrogens is 2. The summed E-state index contributed by atoms with van der Waals surface area (Å²) >= 11 is 17.2. The van der Waals surface area contributed by atoms with Gasteiger partial charge in [0, 0.05) is 6.54 Å². The number of ether oxygens (including phenoxy) is 1. The van der Waals surface area contributed by atoms with Crippen LogP contribution < -0.4 is 0 Å². The summed E-state index contributed by atoms with van der Waals surface area (Å²) in [6.45, 7) is 2.59. The molecule has 0 bridgehead atoms. The summed E-state index contributed by atoms with van der Waals surface area (Å²) in [5, 5.41) is 0.913. The van der Waals surface area contributed by atoms with Crippen LogP contribution in [0.15, 0.2) is 12.1 Å². The molecule has 1 aromatic heterocycles. The number of benzene rings is 1. The SMILES string of the molecule is CCOC(=O)CCn1c(=S)[nH]c2cc(Cl)c(Cl)cc21. The second-order valence-electron chi connectivity index (χ2n) is 3.92. The van der Waals surface area contributed by atoms with Crippen molar-refractivity contribution in [3.63, 3.8) is 0 Å². The van der Waals surface area contributed by atoms with Crippen LogP contribution in [0, 0.1) is 4.77 Å². The summed E-state index contributed by atoms with van der Waals surface area (Å²) in [5.41, 5.74) is 1.62. The quantitative estimate of drug-likeness (QED) is 0.685. The summed E-state index contributed by atoms with van der Waals surface area (Å²) in [6, 6.07) is 3.45. The van der Waals surface area contributed by atoms with Gasteiger partial charge in [0.05, 0.1) is 34.1 Å². The lowest BCUT2D eigenvalue weighted by atomic mass is 10.3. The Balaban J connectivity index is 2.32. The zero-order chi connectivity index (χ0) is 14.0. The van der Waals surface area contributed by atoms with Crippen LogP contribution in [0.5, 0.6) is 0 Å². The minimum atomic E-state index is -0.251. The van der Waals surface area contributed by atoms with Gasteiger partial charge in [0.25, 0.3) is 0 Å². The van der Waals surface area contributed by atoms with E-state index in [1.54, 1.807) is 19.1 Å². The number of imidazole rings is 1. The molecule has 0 radical (unpaired) electrons. The number of hydrogen-bond donors (Lipinski definition) is 1. The predicted molar refractivity (Wildman–Crippen MR) is 78.4 cm³/mol. The van der Waals surface area contributed by atoms with Crippen LogP contribution in [0.3, 0.4) is 0 Å². The van der Waals surface area contributed by atoms with Gasteiger partial charge >= 0.3 is 5.97 Å². The monoisotopic (exact) mass is 318 g/mol. The van der Waals surface area contributed by atoms with Crippen LogP contribution in [-0.4, -0.2) is 22.1 Å². The van der Waals surface area contributed by atoms with Crippen LogP contribution in [0.1, 0.15) is 13.3 Å². The number of fused-ring (bicyclic) bond motifs is 1. The van der Waals surface area contributed by atoms with E-state index in [1.807, 2.05) is 4.57 Å². The Morgan fingerprint density at radius 3 is 2.79 bits per heavy atom. The van der Waals surface area contributed by atoms with Crippen LogP contribution in [-0.2, 0) is 16.1 Å². The van der Waals surface area contributed by atoms with E-state index in [4.69, 9.17) is 40.2 Å². The third-order valence-corrected chi connectivity index (χ3v) is 3.71. The molecule has 0 atom stereocenters. The highest BCUT2D eigenvalue weighted by Crippen LogP contribution is 2.27. The number of halogens is 2. The van der Waals surface area contributed by atoms with Gasteiger partial charge in [-0.15, -0.1) is 0 Å². The number of carbonyl (C=O) groups is 1. The molecule has 0 aliphatic carbocycles. The molecule has 4 nitrogen and oxygen atoms in total. The number of esters is 1. The Bertz CT molecular complexity index is 678. The lowest BCUT2D eigenvalue weighted by Crippen LogP contribution is -2.09. The number of rotatable bonds is 4. The van der Waals surface area contributed by atoms with Gasteiger partial charge in [-0.3, -0.25) is 4.79 Å². The van der Waals surface area contributed by atoms with E-state index in [0.717, 1.165) is 11.0 Å². The van der Waals surface area contributed by atoms with Crippen molar-refractivity contribution >= 4 is 52.4 Å². The molecule has 0 aliphatic rings. The third-order valence-electron chi connectivity index (χ3n) is 2.66. The van der Waals surface area contributed by atoms with E-state index in [1.165, 1.54) is 0 Å². The van der Waals surface area contributed by atoms with Gasteiger partial charge in [0.1, 0.15) is 0 Å². The Hall–Kier alpha value is -1.04. The van der Waals surface area contributed by atoms with E-state index in [-0.39, 0.29) is 12.4 Å². The lowest BCUT2D eigenvalue weighted by molar-refractivity contribution is -0.143. The molecular weight excluding hydrogens is 307 g/mol. The minimum absolute atomic E-state index is 0.251. The normalized spacial score (nSPS) is 10.9. The standard InChI is InChI=1S/C12H12Cl2N2O2S/c1-2-18-11(17)3-4-16-10-6-8(14)7(13)5-9(10)15-12(16)19/h5-6H,2-4H2,1H3,(H,15,19). The van der Waals surface area contributed by atoms with E-state index in [0.29, 0.717) is 28.0 Å². The van der Waals surface area contributed by atoms with Crippen LogP contribution in [0.2, 0.25) is 10.0 Å². The Morgan fingerprint density at radius 1 is 1.42 bits per heavy atom. The number of carbonyl (C=O) groups excluding carboxylic acids is 1. The van der Waals surface area contributed by atoms with Crippen molar-refractivity contribution in [2.75, 3.05) is 6.61 Å². The molecule has 0 amide bonds. The van der Waals surface area contributed by atoms with Gasteiger partial charge < -0.3 is 14.3 Å². The fourth-order valence-corrected chi connectivity index (χ4v) is 2.43. The highest BCUT2D eigenvalue weighted by Gasteiger charge is 2.10. The molecule has 0 spiro atoms. The van der Waals surface area contributed by atoms with Gasteiger partial charge in [-0.1, -0.05) is 23.2 Å². The zero-order valence-electron chi connectivity index (χ0n) is 10.2. The number of aryl methyl sites for hydroxylation is 1. The summed E-state index contributed by atoms with van der Waals surface area (Å²) in [5.74, 6) is -0.251. The van der Waals surface area contributed by atoms with Crippen molar-refractivity contribution in [3.05, 3.63) is 26.9 Å². The molecule has 2 aromatic rings. The molecule has 0 aliphatic heterocycles. The molecular formula is C12H12Cl2N2O2S. The molecule has 1 aromatic carbocycles. The molecule has 19 heavy (non-hydrogen) atoms. The van der Waals surface area contributed by atoms with Crippen molar-refractivity contribution in [1.29, 1.82) is 0 Å². The van der Waals surface area contributed by atoms with Gasteiger partial charge in [-0.2, -0.15) is 0 Å². The number of nitrogens with one attached hydrogen (secondary N) is 1. The average Bonchev–Trinajstić information content (AvgIpc) is 2.63. The molecule has 0 unspecified atom stereocenters. The van der Waals surface area contributed by atoms with Crippen molar-refractivity contribution in [2.45, 2.75) is 19.9 Å². The number of H-pyrrole nitrogens is 1. The minimum Gasteiger partial charge on any atom is -0.466 e. The van der Waals surface area contributed by atoms with Gasteiger partial charge in [-0.05, 0) is 31.3 Å². The molecule has 0 saturated carbocycles. The van der Waals surface area contributed by atoms with E-state index < -0.39 is 0 Å². The summed E-state index contributed by atoms with van der Waals surface area (Å²) in [7, 11) is 0. The summed E-state index contributed by atoms with van der Waals surface area (Å²) in [6.07, 6.45) is 0.259. The van der Waals surface area contributed by atoms with Crippen molar-refractivity contribution < 1.29 is 9.53 Å². The maximum absolute atomic E-state index is 11.4. The van der Waals surface area contributed by atoms with Crippen LogP contribution in [0.4, 0.5) is 0 Å². The second kappa shape index (κ2) is 5.94. The first-order chi connectivity index (χ1) is 9.02. The fraction of sp³-hybridized carbons (Fsp3) is 0.333. The van der Waals surface area contributed by atoms with Crippen LogP contribution in [0.25, 0.3) is 11.0 Å². The molecule has 7 heteroatoms. The second-order valence-corrected chi connectivity index (χ2v) is 5.12. The van der Waals surface area contributed by atoms with Crippen molar-refractivity contribution in [1.82, 2.24) is 9.55 Å². The number of nitrogens with zero attached hydrogens (tertiary/aromatic N) is 1. The van der Waals surface area contributed by atoms with Gasteiger partial charge in [-0.25, -0.2) is 0 Å². The van der Waals surface area contributed by atoms with Gasteiger partial charge in [0.15, 0.2) is 4.77 Å². The van der Waals surface area contributed by atoms with E-state index in [9.17, 15) is 4.79 Å². The zero-order valence-corrected chi connectivity index (χ0v) is 12.5. The maximum Gasteiger partial charge on any atom is 0.307 e. The number of aromatic amines is 1. The molecule has 1 heterocycles. The highest BCUT2D eigenvalue weighted by atomic mass is 35.5. The topological polar surface area (TPSA) is 47.0 Å². The molecule has 0 saturated heterocycles. The fourth-order valence-electron chi connectivity index (χ4n) is 1.81. The average molecular weight is 319 g/mol. The summed E-state index contributed by atoms with van der Waals surface area (Å²) in [4.78, 5) is 14.4. The smallest absolute Gasteiger partial charge is 0.307 e. The number of hydrogen-bond acceptors (Lipinski definition) is 3. The first-order valence-electron chi connectivity index (χ1n) is 5.76. The van der Waals surface area contributed by atoms with Crippen LogP contribution >= 0.6 is 35.4 Å². The lowest BCUT2D eigenvalue weighted by Gasteiger charge is -2.05. The van der Waals surface area contributed by atoms with E-state index >= 15 is 0 Å². The van der Waals surface area contributed by atoms with E-state index in [2.05, 4.69) is 4.98 Å². The summed E-state index contributed by atoms with van der Waals surface area (Å²) < 4.78 is 7.23. The third kappa shape index (κ3) is 3.11. The predicted octanol–water partition coefficient (Wildman–Crippen LogP) is 3.96. The Kier molecular flexibility index (Phi) is 4.50. The largest absolute Gasteiger partial charge is 0.466 e. The van der Waals surface area contributed by atoms with Gasteiger partial charge in [0.2, 0.25) is 0 Å². The van der Waals surface area contributed by atoms with Crippen molar-refractivity contribution in [2.24, 2.45) is 0 Å². The molecule has 102 valence electrons. The first-order valence-corrected chi connectivity index (χ1v) is 6.92. The Morgan fingerprint density at radius 2 is 2.11 bits per heavy atom. The molecule has 0 fully saturated rings.